The number of ether oxygens (including phenoxy) is 1. The Morgan fingerprint density at radius 2 is 1.83 bits per heavy atom. The molecule has 9 nitrogen and oxygen atoms in total. The Bertz CT molecular complexity index is 1100. The minimum Gasteiger partial charge on any atom is -0.444 e. The van der Waals surface area contributed by atoms with Crippen molar-refractivity contribution in [2.45, 2.75) is 51.2 Å². The molecule has 0 spiro atoms. The normalized spacial score (nSPS) is 20.3. The molecule has 2 aliphatic rings. The molecule has 1 N–H and O–H groups in total. The molecule has 4 rings (SSSR count). The highest BCUT2D eigenvalue weighted by atomic mass is 16.6. The summed E-state index contributed by atoms with van der Waals surface area (Å²) in [5.74, 6) is -0.598. The van der Waals surface area contributed by atoms with Gasteiger partial charge in [0.1, 0.15) is 11.6 Å². The number of hydrogen-bond acceptors (Lipinski definition) is 5. The van der Waals surface area contributed by atoms with Gasteiger partial charge >= 0.3 is 11.8 Å². The molecule has 2 aromatic rings. The molecular formula is C21H26N4O5. The van der Waals surface area contributed by atoms with Crippen LogP contribution in [0.5, 0.6) is 0 Å². The largest absolute Gasteiger partial charge is 0.444 e. The Hall–Kier alpha value is -3.10. The molecule has 160 valence electrons. The predicted molar refractivity (Wildman–Crippen MR) is 109 cm³/mol. The highest BCUT2D eigenvalue weighted by molar-refractivity contribution is 6.00. The third-order valence-electron chi connectivity index (χ3n) is 5.64. The lowest BCUT2D eigenvalue weighted by Crippen LogP contribution is -2.50. The summed E-state index contributed by atoms with van der Waals surface area (Å²) in [6, 6.07) is 5.01. The number of carbonyl (C=O) groups is 3. The molecule has 9 heteroatoms. The molecule has 0 radical (unpaired) electrons. The summed E-state index contributed by atoms with van der Waals surface area (Å²) in [5, 5.41) is 2.31. The molecule has 0 bridgehead atoms. The topological polar surface area (TPSA) is 103 Å². The van der Waals surface area contributed by atoms with E-state index in [1.807, 2.05) is 39.0 Å². The van der Waals surface area contributed by atoms with Crippen molar-refractivity contribution in [2.75, 3.05) is 13.1 Å². The van der Waals surface area contributed by atoms with Crippen molar-refractivity contribution in [1.82, 2.24) is 19.4 Å². The maximum Gasteiger partial charge on any atom is 0.410 e. The average molecular weight is 414 g/mol. The summed E-state index contributed by atoms with van der Waals surface area (Å²) in [6.07, 6.45) is 0.190. The molecule has 3 amide bonds. The fourth-order valence-corrected chi connectivity index (χ4v) is 4.03. The Balaban J connectivity index is 1.57. The van der Waals surface area contributed by atoms with Gasteiger partial charge < -0.3 is 9.64 Å². The summed E-state index contributed by atoms with van der Waals surface area (Å²) in [7, 11) is 1.67. The number of hydrogen-bond donors (Lipinski definition) is 1. The van der Waals surface area contributed by atoms with E-state index in [9.17, 15) is 19.2 Å². The molecule has 30 heavy (non-hydrogen) atoms. The maximum absolute atomic E-state index is 12.8. The second-order valence-corrected chi connectivity index (χ2v) is 9.01. The number of nitrogens with zero attached hydrogens (tertiary/aromatic N) is 3. The number of aryl methyl sites for hydroxylation is 1. The molecular weight excluding hydrogens is 388 g/mol. The van der Waals surface area contributed by atoms with Crippen molar-refractivity contribution in [3.63, 3.8) is 0 Å². The second kappa shape index (κ2) is 7.00. The lowest BCUT2D eigenvalue weighted by Gasteiger charge is -2.40. The van der Waals surface area contributed by atoms with E-state index in [4.69, 9.17) is 4.74 Å². The van der Waals surface area contributed by atoms with Gasteiger partial charge in [-0.25, -0.2) is 9.59 Å². The zero-order valence-corrected chi connectivity index (χ0v) is 17.6. The van der Waals surface area contributed by atoms with Crippen LogP contribution in [0.1, 0.15) is 51.1 Å². The van der Waals surface area contributed by atoms with Gasteiger partial charge in [-0.3, -0.25) is 24.0 Å². The number of imide groups is 1. The summed E-state index contributed by atoms with van der Waals surface area (Å²) < 4.78 is 8.38. The van der Waals surface area contributed by atoms with Gasteiger partial charge in [0, 0.05) is 32.5 Å². The first-order valence-electron chi connectivity index (χ1n) is 10.1. The Labute approximate surface area is 173 Å². The Morgan fingerprint density at radius 1 is 1.13 bits per heavy atom. The van der Waals surface area contributed by atoms with Gasteiger partial charge in [0.2, 0.25) is 11.8 Å². The zero-order chi connectivity index (χ0) is 21.8. The van der Waals surface area contributed by atoms with Gasteiger partial charge in [-0.15, -0.1) is 0 Å². The summed E-state index contributed by atoms with van der Waals surface area (Å²) in [6.45, 7) is 6.63. The van der Waals surface area contributed by atoms with E-state index >= 15 is 0 Å². The Kier molecular flexibility index (Phi) is 4.71. The number of carbonyl (C=O) groups excluding carboxylic acids is 3. The number of amides is 3. The van der Waals surface area contributed by atoms with E-state index in [0.717, 1.165) is 11.1 Å². The van der Waals surface area contributed by atoms with Gasteiger partial charge in [-0.1, -0.05) is 6.07 Å². The predicted octanol–water partition coefficient (Wildman–Crippen LogP) is 1.65. The molecule has 0 aliphatic carbocycles. The van der Waals surface area contributed by atoms with Crippen LogP contribution in [0.2, 0.25) is 0 Å². The van der Waals surface area contributed by atoms with E-state index in [0.29, 0.717) is 25.0 Å². The van der Waals surface area contributed by atoms with Crippen LogP contribution in [0.4, 0.5) is 4.79 Å². The van der Waals surface area contributed by atoms with Crippen LogP contribution in [-0.2, 0) is 21.4 Å². The molecule has 3 heterocycles. The van der Waals surface area contributed by atoms with Crippen molar-refractivity contribution in [1.29, 1.82) is 0 Å². The van der Waals surface area contributed by atoms with Gasteiger partial charge in [0.15, 0.2) is 0 Å². The van der Waals surface area contributed by atoms with Crippen LogP contribution in [0, 0.1) is 0 Å². The van der Waals surface area contributed by atoms with Crippen molar-refractivity contribution in [3.05, 3.63) is 34.2 Å². The number of imidazole rings is 1. The van der Waals surface area contributed by atoms with Crippen molar-refractivity contribution < 1.29 is 19.1 Å². The number of benzene rings is 1. The van der Waals surface area contributed by atoms with Gasteiger partial charge in [0.25, 0.3) is 0 Å². The van der Waals surface area contributed by atoms with Gasteiger partial charge in [-0.05, 0) is 44.9 Å². The summed E-state index contributed by atoms with van der Waals surface area (Å²) in [5.41, 5.74) is 1.58. The summed E-state index contributed by atoms with van der Waals surface area (Å²) in [4.78, 5) is 50.4. The first-order valence-corrected chi connectivity index (χ1v) is 10.1. The minimum atomic E-state index is -0.698. The zero-order valence-electron chi connectivity index (χ0n) is 17.6. The fraction of sp³-hybridized carbons (Fsp3) is 0.524. The van der Waals surface area contributed by atoms with Gasteiger partial charge in [0.05, 0.1) is 11.0 Å². The van der Waals surface area contributed by atoms with Crippen LogP contribution in [0.15, 0.2) is 23.0 Å². The van der Waals surface area contributed by atoms with Crippen LogP contribution in [-0.4, -0.2) is 50.6 Å². The van der Waals surface area contributed by atoms with E-state index in [-0.39, 0.29) is 30.0 Å². The van der Waals surface area contributed by atoms with Crippen molar-refractivity contribution in [2.24, 2.45) is 7.05 Å². The molecule has 1 aromatic heterocycles. The minimum absolute atomic E-state index is 0.163. The maximum atomic E-state index is 12.8. The highest BCUT2D eigenvalue weighted by Crippen LogP contribution is 2.31. The van der Waals surface area contributed by atoms with Gasteiger partial charge in [-0.2, -0.15) is 0 Å². The molecule has 2 aliphatic heterocycles. The van der Waals surface area contributed by atoms with Crippen LogP contribution >= 0.6 is 0 Å². The highest BCUT2D eigenvalue weighted by Gasteiger charge is 2.35. The first-order chi connectivity index (χ1) is 14.0. The lowest BCUT2D eigenvalue weighted by atomic mass is 9.91. The number of piperidine rings is 1. The number of nitrogens with one attached hydrogen (secondary N) is 1. The van der Waals surface area contributed by atoms with Crippen molar-refractivity contribution in [3.8, 4) is 0 Å². The van der Waals surface area contributed by atoms with E-state index in [1.54, 1.807) is 11.9 Å². The van der Waals surface area contributed by atoms with Crippen LogP contribution < -0.4 is 11.0 Å². The third-order valence-corrected chi connectivity index (χ3v) is 5.64. The molecule has 2 saturated heterocycles. The molecule has 2 fully saturated rings. The monoisotopic (exact) mass is 414 g/mol. The van der Waals surface area contributed by atoms with E-state index < -0.39 is 17.6 Å². The molecule has 1 aromatic carbocycles. The number of aromatic nitrogens is 2. The first kappa shape index (κ1) is 20.2. The molecule has 0 saturated carbocycles. The second-order valence-electron chi connectivity index (χ2n) is 9.01. The average Bonchev–Trinajstić information content (AvgIpc) is 2.84. The number of fused-ring (bicyclic) bond motifs is 1. The quantitative estimate of drug-likeness (QED) is 0.753. The number of likely N-dealkylation sites (tertiary alicyclic amines) is 1. The smallest absolute Gasteiger partial charge is 0.410 e. The number of rotatable bonds is 2. The standard InChI is InChI=1S/C21H26N4O5/c1-21(2,3)30-20(29)24-10-13(11-24)12-5-6-14-16(9-12)23(4)19(28)25(14)15-7-8-17(26)22-18(15)27/h5-6,9,13,15H,7-8,10-11H2,1-4H3,(H,22,26,27). The molecule has 1 unspecified atom stereocenters. The fourth-order valence-electron chi connectivity index (χ4n) is 4.03. The molecule has 1 atom stereocenters. The Morgan fingerprint density at radius 3 is 2.47 bits per heavy atom. The van der Waals surface area contributed by atoms with Crippen molar-refractivity contribution >= 4 is 28.9 Å². The lowest BCUT2D eigenvalue weighted by molar-refractivity contribution is -0.135. The third kappa shape index (κ3) is 3.48. The summed E-state index contributed by atoms with van der Waals surface area (Å²) >= 11 is 0. The van der Waals surface area contributed by atoms with E-state index in [2.05, 4.69) is 5.32 Å². The van der Waals surface area contributed by atoms with Crippen LogP contribution in [0.25, 0.3) is 11.0 Å². The van der Waals surface area contributed by atoms with Crippen LogP contribution in [0.3, 0.4) is 0 Å². The SMILES string of the molecule is Cn1c(=O)n(C2CCC(=O)NC2=O)c2ccc(C3CN(C(=O)OC(C)(C)C)C3)cc21. The van der Waals surface area contributed by atoms with E-state index in [1.165, 1.54) is 9.13 Å².